The van der Waals surface area contributed by atoms with Crippen molar-refractivity contribution >= 4 is 0 Å². The summed E-state index contributed by atoms with van der Waals surface area (Å²) in [5.74, 6) is 0. The van der Waals surface area contributed by atoms with Gasteiger partial charge in [-0.25, -0.2) is 0 Å². The standard InChI is InChI=1S/4H3N.Ru/h4*1H3;/q;;;;+3. The molecule has 0 saturated heterocycles. The van der Waals surface area contributed by atoms with E-state index in [1.807, 2.05) is 0 Å². The Balaban J connectivity index is 0. The smallest absolute Gasteiger partial charge is 0.344 e. The molecule has 4 nitrogen and oxygen atoms in total. The van der Waals surface area contributed by atoms with Crippen LogP contribution in [0.2, 0.25) is 0 Å². The van der Waals surface area contributed by atoms with Gasteiger partial charge in [-0.05, 0) is 0 Å². The van der Waals surface area contributed by atoms with E-state index in [9.17, 15) is 0 Å². The van der Waals surface area contributed by atoms with Crippen molar-refractivity contribution in [2.45, 2.75) is 0 Å². The molecule has 0 saturated carbocycles. The van der Waals surface area contributed by atoms with Crippen molar-refractivity contribution in [2.24, 2.45) is 0 Å². The van der Waals surface area contributed by atoms with Gasteiger partial charge >= 0.3 is 19.5 Å². The molecule has 0 bridgehead atoms. The van der Waals surface area contributed by atoms with E-state index in [4.69, 9.17) is 0 Å². The summed E-state index contributed by atoms with van der Waals surface area (Å²) < 4.78 is 0. The first kappa shape index (κ1) is 507. The van der Waals surface area contributed by atoms with Crippen molar-refractivity contribution in [3.05, 3.63) is 0 Å². The Morgan fingerprint density at radius 1 is 0.400 bits per heavy atom. The fraction of sp³-hybridized carbons (Fsp3) is 0. The van der Waals surface area contributed by atoms with E-state index in [0.717, 1.165) is 0 Å². The predicted molar refractivity (Wildman–Crippen MR) is 20.1 cm³/mol. The molecule has 37 valence electrons. The second-order valence-corrected chi connectivity index (χ2v) is 0. The van der Waals surface area contributed by atoms with Gasteiger partial charge in [0.25, 0.3) is 0 Å². The zero-order chi connectivity index (χ0) is 0. The van der Waals surface area contributed by atoms with Crippen molar-refractivity contribution < 1.29 is 19.5 Å². The van der Waals surface area contributed by atoms with Crippen molar-refractivity contribution in [1.82, 2.24) is 24.6 Å². The Hall–Kier alpha value is 0.463. The van der Waals surface area contributed by atoms with Crippen LogP contribution in [-0.4, -0.2) is 0 Å². The van der Waals surface area contributed by atoms with Gasteiger partial charge in [0.1, 0.15) is 0 Å². The Bertz CT molecular complexity index is 3.61. The first-order valence-corrected chi connectivity index (χ1v) is 0. The van der Waals surface area contributed by atoms with Crippen molar-refractivity contribution in [3.63, 3.8) is 0 Å². The van der Waals surface area contributed by atoms with Gasteiger partial charge in [0.2, 0.25) is 0 Å². The van der Waals surface area contributed by atoms with Gasteiger partial charge in [0.05, 0.1) is 0 Å². The average Bonchev–Trinajstić information content (AvgIpc) is 0. The molecule has 0 spiro atoms. The summed E-state index contributed by atoms with van der Waals surface area (Å²) in [5.41, 5.74) is 0. The van der Waals surface area contributed by atoms with E-state index >= 15 is 0 Å². The summed E-state index contributed by atoms with van der Waals surface area (Å²) >= 11 is 0. The molecule has 0 aliphatic rings. The molecular weight excluding hydrogens is 157 g/mol. The fourth-order valence-corrected chi connectivity index (χ4v) is 0. The van der Waals surface area contributed by atoms with Gasteiger partial charge in [0.15, 0.2) is 0 Å². The van der Waals surface area contributed by atoms with Crippen LogP contribution in [0.1, 0.15) is 0 Å². The van der Waals surface area contributed by atoms with E-state index in [1.54, 1.807) is 0 Å². The third-order valence-electron chi connectivity index (χ3n) is 0. The summed E-state index contributed by atoms with van der Waals surface area (Å²) in [5, 5.41) is 0. The Labute approximate surface area is 44.8 Å². The van der Waals surface area contributed by atoms with Crippen LogP contribution in [0.4, 0.5) is 0 Å². The molecule has 0 fully saturated rings. The third-order valence-corrected chi connectivity index (χ3v) is 0. The van der Waals surface area contributed by atoms with E-state index in [0.29, 0.717) is 0 Å². The molecule has 0 aromatic carbocycles. The van der Waals surface area contributed by atoms with Crippen LogP contribution in [0.3, 0.4) is 0 Å². The summed E-state index contributed by atoms with van der Waals surface area (Å²) in [6.07, 6.45) is 0. The first-order valence-electron chi connectivity index (χ1n) is 0. The Kier molecular flexibility index (Phi) is 25300. The normalized spacial score (nSPS) is 0. The number of hydrogen-bond acceptors (Lipinski definition) is 4. The molecule has 1 radical (unpaired) electrons. The van der Waals surface area contributed by atoms with Crippen LogP contribution in [0.25, 0.3) is 0 Å². The summed E-state index contributed by atoms with van der Waals surface area (Å²) in [4.78, 5) is 0. The van der Waals surface area contributed by atoms with Crippen molar-refractivity contribution in [2.75, 3.05) is 0 Å². The molecule has 0 aliphatic heterocycles. The largest absolute Gasteiger partial charge is 3.00 e. The Morgan fingerprint density at radius 2 is 0.400 bits per heavy atom. The van der Waals surface area contributed by atoms with E-state index < -0.39 is 0 Å². The van der Waals surface area contributed by atoms with E-state index in [1.165, 1.54) is 0 Å². The number of hydrogen-bond donors (Lipinski definition) is 4. The molecule has 0 aromatic heterocycles. The van der Waals surface area contributed by atoms with Gasteiger partial charge in [-0.3, -0.25) is 0 Å². The molecule has 0 heterocycles. The molecule has 0 aromatic rings. The van der Waals surface area contributed by atoms with E-state index in [-0.39, 0.29) is 44.1 Å². The maximum Gasteiger partial charge on any atom is 3.00 e. The minimum Gasteiger partial charge on any atom is -0.344 e. The minimum atomic E-state index is 0. The SMILES string of the molecule is N.N.N.N.[Ru+3]. The molecule has 0 amide bonds. The zero-order valence-electron chi connectivity index (χ0n) is 3.18. The van der Waals surface area contributed by atoms with Crippen molar-refractivity contribution in [3.8, 4) is 0 Å². The van der Waals surface area contributed by atoms with Crippen LogP contribution >= 0.6 is 0 Å². The van der Waals surface area contributed by atoms with Gasteiger partial charge in [-0.1, -0.05) is 0 Å². The van der Waals surface area contributed by atoms with Gasteiger partial charge in [-0.15, -0.1) is 0 Å². The van der Waals surface area contributed by atoms with Crippen LogP contribution < -0.4 is 24.6 Å². The first-order chi connectivity index (χ1) is 0. The van der Waals surface area contributed by atoms with Crippen LogP contribution in [0, 0.1) is 0 Å². The molecule has 0 rings (SSSR count). The monoisotopic (exact) mass is 170 g/mol. The van der Waals surface area contributed by atoms with Crippen LogP contribution in [0.5, 0.6) is 0 Å². The molecule has 12 N–H and O–H groups in total. The minimum absolute atomic E-state index is 0. The topological polar surface area (TPSA) is 140 Å². The quantitative estimate of drug-likeness (QED) is 0.395. The predicted octanol–water partition coefficient (Wildman–Crippen LogP) is 0.645. The van der Waals surface area contributed by atoms with Gasteiger partial charge < -0.3 is 24.6 Å². The molecule has 5 heavy (non-hydrogen) atoms. The average molecular weight is 169 g/mol. The van der Waals surface area contributed by atoms with E-state index in [2.05, 4.69) is 0 Å². The van der Waals surface area contributed by atoms with Crippen molar-refractivity contribution in [1.29, 1.82) is 0 Å². The zero-order valence-corrected chi connectivity index (χ0v) is 4.92. The maximum atomic E-state index is 0. The molecule has 5 heteroatoms. The second-order valence-electron chi connectivity index (χ2n) is 0. The molecule has 0 aliphatic carbocycles. The third kappa shape index (κ3) is 126. The summed E-state index contributed by atoms with van der Waals surface area (Å²) in [6.45, 7) is 0. The molecule has 0 unspecified atom stereocenters. The number of rotatable bonds is 0. The summed E-state index contributed by atoms with van der Waals surface area (Å²) in [6, 6.07) is 0. The second kappa shape index (κ2) is 249. The molecular formula is H12N4Ru+3. The molecule has 0 atom stereocenters. The Morgan fingerprint density at radius 3 is 0.400 bits per heavy atom. The van der Waals surface area contributed by atoms with Crippen LogP contribution in [0.15, 0.2) is 0 Å². The van der Waals surface area contributed by atoms with Crippen LogP contribution in [-0.2, 0) is 19.5 Å². The van der Waals surface area contributed by atoms with Gasteiger partial charge in [0, 0.05) is 0 Å². The fourth-order valence-electron chi connectivity index (χ4n) is 0. The maximum absolute atomic E-state index is 0. The van der Waals surface area contributed by atoms with Gasteiger partial charge in [-0.2, -0.15) is 0 Å². The summed E-state index contributed by atoms with van der Waals surface area (Å²) in [7, 11) is 0.